The highest BCUT2D eigenvalue weighted by Crippen LogP contribution is 2.31. The van der Waals surface area contributed by atoms with Gasteiger partial charge in [0.2, 0.25) is 0 Å². The SMILES string of the molecule is CCOC(=O)C1COc2ccc(OCC)cc2C1. The Bertz CT molecular complexity index is 428. The monoisotopic (exact) mass is 250 g/mol. The van der Waals surface area contributed by atoms with Gasteiger partial charge in [0, 0.05) is 0 Å². The molecule has 2 rings (SSSR count). The zero-order chi connectivity index (χ0) is 13.0. The molecule has 0 saturated carbocycles. The first-order valence-electron chi connectivity index (χ1n) is 6.29. The van der Waals surface area contributed by atoms with Gasteiger partial charge in [-0.05, 0) is 44.0 Å². The quantitative estimate of drug-likeness (QED) is 0.768. The van der Waals surface area contributed by atoms with Gasteiger partial charge in [0.15, 0.2) is 0 Å². The minimum absolute atomic E-state index is 0.190. The summed E-state index contributed by atoms with van der Waals surface area (Å²) in [5.41, 5.74) is 1.00. The van der Waals surface area contributed by atoms with Gasteiger partial charge < -0.3 is 14.2 Å². The van der Waals surface area contributed by atoms with Gasteiger partial charge >= 0.3 is 5.97 Å². The van der Waals surface area contributed by atoms with Crippen LogP contribution in [0, 0.1) is 5.92 Å². The van der Waals surface area contributed by atoms with Crippen molar-refractivity contribution >= 4 is 5.97 Å². The highest BCUT2D eigenvalue weighted by Gasteiger charge is 2.27. The van der Waals surface area contributed by atoms with Gasteiger partial charge in [-0.15, -0.1) is 0 Å². The molecule has 4 heteroatoms. The van der Waals surface area contributed by atoms with Crippen molar-refractivity contribution in [2.75, 3.05) is 19.8 Å². The van der Waals surface area contributed by atoms with Crippen LogP contribution in [0.5, 0.6) is 11.5 Å². The highest BCUT2D eigenvalue weighted by atomic mass is 16.5. The number of esters is 1. The van der Waals surface area contributed by atoms with Crippen molar-refractivity contribution in [3.63, 3.8) is 0 Å². The molecule has 0 spiro atoms. The van der Waals surface area contributed by atoms with Crippen LogP contribution in [-0.4, -0.2) is 25.8 Å². The van der Waals surface area contributed by atoms with Gasteiger partial charge in [-0.2, -0.15) is 0 Å². The van der Waals surface area contributed by atoms with Crippen molar-refractivity contribution in [3.8, 4) is 11.5 Å². The normalized spacial score (nSPS) is 17.6. The Morgan fingerprint density at radius 1 is 1.39 bits per heavy atom. The van der Waals surface area contributed by atoms with Crippen LogP contribution in [0.15, 0.2) is 18.2 Å². The van der Waals surface area contributed by atoms with Gasteiger partial charge in [-0.3, -0.25) is 4.79 Å². The van der Waals surface area contributed by atoms with Gasteiger partial charge in [0.1, 0.15) is 18.1 Å². The van der Waals surface area contributed by atoms with Crippen molar-refractivity contribution in [2.24, 2.45) is 5.92 Å². The Kier molecular flexibility index (Phi) is 4.07. The fourth-order valence-corrected chi connectivity index (χ4v) is 2.04. The average Bonchev–Trinajstić information content (AvgIpc) is 2.38. The molecule has 1 unspecified atom stereocenters. The third-order valence-electron chi connectivity index (χ3n) is 2.87. The predicted octanol–water partition coefficient (Wildman–Crippen LogP) is 2.20. The lowest BCUT2D eigenvalue weighted by Crippen LogP contribution is -2.29. The number of hydrogen-bond donors (Lipinski definition) is 0. The Morgan fingerprint density at radius 2 is 2.22 bits per heavy atom. The molecule has 0 saturated heterocycles. The Morgan fingerprint density at radius 3 is 2.94 bits per heavy atom. The van der Waals surface area contributed by atoms with Crippen LogP contribution < -0.4 is 9.47 Å². The van der Waals surface area contributed by atoms with Crippen LogP contribution in [0.1, 0.15) is 19.4 Å². The van der Waals surface area contributed by atoms with Crippen LogP contribution in [0.3, 0.4) is 0 Å². The fraction of sp³-hybridized carbons (Fsp3) is 0.500. The smallest absolute Gasteiger partial charge is 0.312 e. The van der Waals surface area contributed by atoms with Crippen molar-refractivity contribution in [2.45, 2.75) is 20.3 Å². The van der Waals surface area contributed by atoms with Gasteiger partial charge in [0.25, 0.3) is 0 Å². The molecule has 0 amide bonds. The summed E-state index contributed by atoms with van der Waals surface area (Å²) in [4.78, 5) is 11.7. The van der Waals surface area contributed by atoms with E-state index in [9.17, 15) is 4.79 Å². The number of carbonyl (C=O) groups excluding carboxylic acids is 1. The number of rotatable bonds is 4. The maximum Gasteiger partial charge on any atom is 0.312 e. The number of carbonyl (C=O) groups is 1. The molecule has 0 aromatic heterocycles. The molecule has 18 heavy (non-hydrogen) atoms. The Labute approximate surface area is 107 Å². The number of hydrogen-bond acceptors (Lipinski definition) is 4. The van der Waals surface area contributed by atoms with Crippen molar-refractivity contribution < 1.29 is 19.0 Å². The van der Waals surface area contributed by atoms with Crippen molar-refractivity contribution in [1.29, 1.82) is 0 Å². The summed E-state index contributed by atoms with van der Waals surface area (Å²) in [6, 6.07) is 5.71. The van der Waals surface area contributed by atoms with Gasteiger partial charge in [-0.1, -0.05) is 0 Å². The van der Waals surface area contributed by atoms with E-state index in [-0.39, 0.29) is 11.9 Å². The summed E-state index contributed by atoms with van der Waals surface area (Å²) in [5, 5.41) is 0. The summed E-state index contributed by atoms with van der Waals surface area (Å²) in [7, 11) is 0. The topological polar surface area (TPSA) is 44.8 Å². The summed E-state index contributed by atoms with van der Waals surface area (Å²) >= 11 is 0. The number of ether oxygens (including phenoxy) is 3. The standard InChI is InChI=1S/C14H18O4/c1-3-16-12-5-6-13-10(8-12)7-11(9-18-13)14(15)17-4-2/h5-6,8,11H,3-4,7,9H2,1-2H3. The lowest BCUT2D eigenvalue weighted by molar-refractivity contribution is -0.149. The maximum absolute atomic E-state index is 11.7. The average molecular weight is 250 g/mol. The van der Waals surface area contributed by atoms with Gasteiger partial charge in [0.05, 0.1) is 19.1 Å². The zero-order valence-electron chi connectivity index (χ0n) is 10.8. The molecule has 0 aliphatic carbocycles. The minimum Gasteiger partial charge on any atom is -0.494 e. The van der Waals surface area contributed by atoms with E-state index in [2.05, 4.69) is 0 Å². The molecule has 0 bridgehead atoms. The first-order chi connectivity index (χ1) is 8.74. The van der Waals surface area contributed by atoms with Crippen LogP contribution in [0.25, 0.3) is 0 Å². The molecule has 1 aliphatic heterocycles. The molecule has 1 atom stereocenters. The molecule has 0 fully saturated rings. The maximum atomic E-state index is 11.7. The molecular formula is C14H18O4. The second-order valence-electron chi connectivity index (χ2n) is 4.17. The van der Waals surface area contributed by atoms with Gasteiger partial charge in [-0.25, -0.2) is 0 Å². The van der Waals surface area contributed by atoms with E-state index < -0.39 is 0 Å². The first-order valence-corrected chi connectivity index (χ1v) is 6.29. The van der Waals surface area contributed by atoms with Crippen molar-refractivity contribution in [1.82, 2.24) is 0 Å². The Hall–Kier alpha value is -1.71. The number of fused-ring (bicyclic) bond motifs is 1. The molecule has 1 aromatic rings. The van der Waals surface area contributed by atoms with E-state index in [4.69, 9.17) is 14.2 Å². The van der Waals surface area contributed by atoms with Crippen LogP contribution in [0.4, 0.5) is 0 Å². The van der Waals surface area contributed by atoms with Crippen LogP contribution in [0.2, 0.25) is 0 Å². The largest absolute Gasteiger partial charge is 0.494 e. The third kappa shape index (κ3) is 2.75. The number of benzene rings is 1. The lowest BCUT2D eigenvalue weighted by Gasteiger charge is -2.24. The third-order valence-corrected chi connectivity index (χ3v) is 2.87. The summed E-state index contributed by atoms with van der Waals surface area (Å²) < 4.78 is 16.0. The lowest BCUT2D eigenvalue weighted by atomic mass is 9.96. The van der Waals surface area contributed by atoms with E-state index >= 15 is 0 Å². The molecular weight excluding hydrogens is 232 g/mol. The summed E-state index contributed by atoms with van der Waals surface area (Å²) in [6.45, 7) is 5.17. The first kappa shape index (κ1) is 12.7. The van der Waals surface area contributed by atoms with E-state index in [1.54, 1.807) is 0 Å². The minimum atomic E-state index is -0.214. The molecule has 1 heterocycles. The summed E-state index contributed by atoms with van der Waals surface area (Å²) in [5.74, 6) is 1.24. The second-order valence-corrected chi connectivity index (χ2v) is 4.17. The molecule has 4 nitrogen and oxygen atoms in total. The van der Waals surface area contributed by atoms with E-state index in [0.29, 0.717) is 26.2 Å². The fourth-order valence-electron chi connectivity index (χ4n) is 2.04. The second kappa shape index (κ2) is 5.76. The molecule has 1 aliphatic rings. The molecule has 0 radical (unpaired) electrons. The van der Waals surface area contributed by atoms with E-state index in [1.807, 2.05) is 32.0 Å². The summed E-state index contributed by atoms with van der Waals surface area (Å²) in [6.07, 6.45) is 0.648. The van der Waals surface area contributed by atoms with Crippen LogP contribution in [-0.2, 0) is 16.0 Å². The van der Waals surface area contributed by atoms with Crippen molar-refractivity contribution in [3.05, 3.63) is 23.8 Å². The zero-order valence-corrected chi connectivity index (χ0v) is 10.8. The van der Waals surface area contributed by atoms with E-state index in [1.165, 1.54) is 0 Å². The highest BCUT2D eigenvalue weighted by molar-refractivity contribution is 5.73. The molecule has 98 valence electrons. The molecule has 1 aromatic carbocycles. The molecule has 0 N–H and O–H groups in total. The Balaban J connectivity index is 2.11. The predicted molar refractivity (Wildman–Crippen MR) is 66.9 cm³/mol. The van der Waals surface area contributed by atoms with Crippen LogP contribution >= 0.6 is 0 Å². The van der Waals surface area contributed by atoms with E-state index in [0.717, 1.165) is 17.1 Å².